The first kappa shape index (κ1) is 47.3. The number of ether oxygens (including phenoxy) is 7. The Morgan fingerprint density at radius 1 is 0.772 bits per heavy atom. The molecule has 330 valence electrons. The van der Waals surface area contributed by atoms with Gasteiger partial charge >= 0.3 is 5.97 Å². The first-order valence-corrected chi connectivity index (χ1v) is 17.7. The van der Waals surface area contributed by atoms with Gasteiger partial charge in [0.15, 0.2) is 18.9 Å². The predicted molar refractivity (Wildman–Crippen MR) is 174 cm³/mol. The molecule has 2 amide bonds. The molecule has 26 heteroatoms. The molecule has 57 heavy (non-hydrogen) atoms. The number of amides is 2. The number of hydrogen-bond donors (Lipinski definition) is 16. The zero-order valence-corrected chi connectivity index (χ0v) is 30.4. The summed E-state index contributed by atoms with van der Waals surface area (Å²) in [5.41, 5.74) is 0. The van der Waals surface area contributed by atoms with Crippen molar-refractivity contribution in [3.05, 3.63) is 0 Å². The molecular weight excluding hydrogens is 784 g/mol. The molecule has 0 bridgehead atoms. The highest BCUT2D eigenvalue weighted by Crippen LogP contribution is 2.36. The highest BCUT2D eigenvalue weighted by atomic mass is 16.8. The van der Waals surface area contributed by atoms with Crippen molar-refractivity contribution in [2.45, 2.75) is 149 Å². The number of nitrogens with one attached hydrogen (secondary N) is 2. The Labute approximate surface area is 322 Å². The van der Waals surface area contributed by atoms with Gasteiger partial charge in [0.25, 0.3) is 5.79 Å². The fraction of sp³-hybridized carbons (Fsp3) is 0.903. The Morgan fingerprint density at radius 3 is 2.00 bits per heavy atom. The SMILES string of the molecule is CC(=O)N[C@@H]1[C@@H](O)[C@@H](O[C@@H]2O[C@H](CO)[C@H](O)[C@H](O)[C@H]2O[C@@H]2O[C@@H](C)[C@@H](O)[C@@H](O)[C@@H]2O)[C@@H](CO[C@]2(C(=O)O)C[C@H](O)[C@@H](NC(=O)CO)[C@H]([C@H](O)[C@H](O)CO)O2)O[C@@H]1O. The van der Waals surface area contributed by atoms with Crippen molar-refractivity contribution in [2.24, 2.45) is 0 Å². The molecule has 0 aromatic rings. The maximum Gasteiger partial charge on any atom is 0.364 e. The van der Waals surface area contributed by atoms with Gasteiger partial charge in [0, 0.05) is 13.3 Å². The van der Waals surface area contributed by atoms with Crippen LogP contribution in [0.3, 0.4) is 0 Å². The number of carbonyl (C=O) groups is 3. The number of aliphatic hydroxyl groups is 13. The van der Waals surface area contributed by atoms with Crippen LogP contribution in [0.2, 0.25) is 0 Å². The summed E-state index contributed by atoms with van der Waals surface area (Å²) in [6.45, 7) is -1.95. The van der Waals surface area contributed by atoms with Gasteiger partial charge in [0.05, 0.1) is 38.1 Å². The van der Waals surface area contributed by atoms with Crippen LogP contribution in [0.25, 0.3) is 0 Å². The van der Waals surface area contributed by atoms with Crippen LogP contribution in [0.15, 0.2) is 0 Å². The standard InChI is InChI=1S/C31H52N2O24/c1-8-17(41)21(45)23(47)28(52-8)56-26-22(46)19(43)12(5-35)54-29(26)55-24-13(53-27(48)16(20(24)44)32-9(2)37)7-51-31(30(49)50)3-10(38)15(33-14(40)6-36)25(57-31)18(42)11(39)4-34/h8,10-13,15-29,34-36,38-39,41-48H,3-7H2,1-2H3,(H,32,37)(H,33,40)(H,49,50)/t8-,10-,11+,12+,13+,15+,16+,17+,18+,19-,20+,21+,22-,23-,24-,25+,26+,27-,28-,29-,31+/m0/s1. The van der Waals surface area contributed by atoms with Gasteiger partial charge < -0.3 is 115 Å². The highest BCUT2D eigenvalue weighted by molar-refractivity contribution is 5.78. The van der Waals surface area contributed by atoms with E-state index < -0.39 is 179 Å². The number of rotatable bonds is 15. The molecule has 0 aromatic heterocycles. The second kappa shape index (κ2) is 19.8. The zero-order chi connectivity index (χ0) is 42.7. The average molecular weight is 837 g/mol. The summed E-state index contributed by atoms with van der Waals surface area (Å²) in [6.07, 6.45) is -35.1. The van der Waals surface area contributed by atoms with Crippen molar-refractivity contribution in [3.63, 3.8) is 0 Å². The summed E-state index contributed by atoms with van der Waals surface area (Å²) >= 11 is 0. The van der Waals surface area contributed by atoms with Crippen LogP contribution in [0.4, 0.5) is 0 Å². The molecule has 4 aliphatic heterocycles. The molecule has 4 rings (SSSR count). The lowest BCUT2D eigenvalue weighted by molar-refractivity contribution is -0.384. The fourth-order valence-electron chi connectivity index (χ4n) is 6.86. The van der Waals surface area contributed by atoms with Crippen molar-refractivity contribution in [3.8, 4) is 0 Å². The molecular formula is C31H52N2O24. The van der Waals surface area contributed by atoms with Crippen molar-refractivity contribution < 1.29 is 119 Å². The van der Waals surface area contributed by atoms with Crippen LogP contribution in [0.5, 0.6) is 0 Å². The number of aliphatic carboxylic acids is 1. The molecule has 4 fully saturated rings. The average Bonchev–Trinajstić information content (AvgIpc) is 3.17. The van der Waals surface area contributed by atoms with E-state index in [1.165, 1.54) is 6.92 Å². The van der Waals surface area contributed by atoms with Gasteiger partial charge in [-0.3, -0.25) is 9.59 Å². The monoisotopic (exact) mass is 836 g/mol. The van der Waals surface area contributed by atoms with Gasteiger partial charge in [0.1, 0.15) is 92.0 Å². The molecule has 0 unspecified atom stereocenters. The number of hydrogen-bond acceptors (Lipinski definition) is 23. The summed E-state index contributed by atoms with van der Waals surface area (Å²) in [5.74, 6) is -6.90. The van der Waals surface area contributed by atoms with Crippen molar-refractivity contribution in [1.82, 2.24) is 10.6 Å². The van der Waals surface area contributed by atoms with E-state index in [0.29, 0.717) is 0 Å². The van der Waals surface area contributed by atoms with Gasteiger partial charge in [-0.15, -0.1) is 0 Å². The highest BCUT2D eigenvalue weighted by Gasteiger charge is 2.58. The van der Waals surface area contributed by atoms with E-state index in [-0.39, 0.29) is 0 Å². The molecule has 4 saturated heterocycles. The Morgan fingerprint density at radius 2 is 1.42 bits per heavy atom. The molecule has 0 spiro atoms. The molecule has 0 aliphatic carbocycles. The number of aliphatic hydroxyl groups excluding tert-OH is 13. The Kier molecular flexibility index (Phi) is 16.4. The number of carboxylic acid groups (broad SMARTS) is 1. The molecule has 21 atom stereocenters. The molecule has 16 N–H and O–H groups in total. The van der Waals surface area contributed by atoms with Gasteiger partial charge in [0.2, 0.25) is 11.8 Å². The first-order chi connectivity index (χ1) is 26.7. The first-order valence-electron chi connectivity index (χ1n) is 17.7. The predicted octanol–water partition coefficient (Wildman–Crippen LogP) is -10.3. The van der Waals surface area contributed by atoms with E-state index in [1.54, 1.807) is 0 Å². The maximum absolute atomic E-state index is 12.8. The van der Waals surface area contributed by atoms with Crippen LogP contribution < -0.4 is 10.6 Å². The second-order valence-corrected chi connectivity index (χ2v) is 14.1. The topological polar surface area (TPSA) is 423 Å². The lowest BCUT2D eigenvalue weighted by Crippen LogP contribution is -2.70. The summed E-state index contributed by atoms with van der Waals surface area (Å²) in [4.78, 5) is 36.8. The summed E-state index contributed by atoms with van der Waals surface area (Å²) in [6, 6.07) is -3.41. The van der Waals surface area contributed by atoms with Crippen molar-refractivity contribution in [2.75, 3.05) is 26.4 Å². The minimum atomic E-state index is -3.01. The molecule has 0 radical (unpaired) electrons. The van der Waals surface area contributed by atoms with E-state index in [1.807, 2.05) is 0 Å². The third-order valence-corrected chi connectivity index (χ3v) is 10.0. The lowest BCUT2D eigenvalue weighted by atomic mass is 9.88. The Bertz CT molecular complexity index is 1350. The van der Waals surface area contributed by atoms with E-state index >= 15 is 0 Å². The quantitative estimate of drug-likeness (QED) is 0.0728. The second-order valence-electron chi connectivity index (χ2n) is 14.1. The number of carbonyl (C=O) groups excluding carboxylic acids is 2. The van der Waals surface area contributed by atoms with Crippen LogP contribution in [0.1, 0.15) is 20.3 Å². The van der Waals surface area contributed by atoms with E-state index in [9.17, 15) is 85.9 Å². The summed E-state index contributed by atoms with van der Waals surface area (Å²) in [5, 5.41) is 150. The third kappa shape index (κ3) is 10.3. The summed E-state index contributed by atoms with van der Waals surface area (Å²) < 4.78 is 39.4. The van der Waals surface area contributed by atoms with Crippen LogP contribution in [-0.2, 0) is 47.5 Å². The van der Waals surface area contributed by atoms with Gasteiger partial charge in [-0.25, -0.2) is 4.79 Å². The number of carboxylic acids is 1. The minimum Gasteiger partial charge on any atom is -0.477 e. The van der Waals surface area contributed by atoms with Crippen LogP contribution in [-0.4, -0.2) is 244 Å². The van der Waals surface area contributed by atoms with Gasteiger partial charge in [-0.05, 0) is 6.92 Å². The van der Waals surface area contributed by atoms with Crippen molar-refractivity contribution >= 4 is 17.8 Å². The largest absolute Gasteiger partial charge is 0.477 e. The smallest absolute Gasteiger partial charge is 0.364 e. The van der Waals surface area contributed by atoms with E-state index in [2.05, 4.69) is 10.6 Å². The Balaban J connectivity index is 1.68. The fourth-order valence-corrected chi connectivity index (χ4v) is 6.86. The zero-order valence-electron chi connectivity index (χ0n) is 30.4. The molecule has 26 nitrogen and oxygen atoms in total. The van der Waals surface area contributed by atoms with Gasteiger partial charge in [-0.1, -0.05) is 0 Å². The molecule has 4 heterocycles. The Hall–Kier alpha value is -2.39. The molecule has 0 saturated carbocycles. The minimum absolute atomic E-state index is 0.797. The van der Waals surface area contributed by atoms with Crippen LogP contribution >= 0.6 is 0 Å². The maximum atomic E-state index is 12.8. The normalized spacial score (nSPS) is 45.1. The molecule has 4 aliphatic rings. The van der Waals surface area contributed by atoms with Crippen LogP contribution in [0, 0.1) is 0 Å². The van der Waals surface area contributed by atoms with E-state index in [0.717, 1.165) is 6.92 Å². The van der Waals surface area contributed by atoms with Gasteiger partial charge in [-0.2, -0.15) is 0 Å². The van der Waals surface area contributed by atoms with Crippen molar-refractivity contribution in [1.29, 1.82) is 0 Å². The third-order valence-electron chi connectivity index (χ3n) is 10.0. The summed E-state index contributed by atoms with van der Waals surface area (Å²) in [7, 11) is 0. The van der Waals surface area contributed by atoms with E-state index in [4.69, 9.17) is 33.2 Å². The molecule has 0 aromatic carbocycles. The lowest BCUT2D eigenvalue weighted by Gasteiger charge is -2.49.